The van der Waals surface area contributed by atoms with Crippen LogP contribution >= 0.6 is 11.6 Å². The Bertz CT molecular complexity index is 1370. The van der Waals surface area contributed by atoms with E-state index in [0.29, 0.717) is 16.9 Å². The third-order valence-corrected chi connectivity index (χ3v) is 6.33. The van der Waals surface area contributed by atoms with Gasteiger partial charge in [-0.15, -0.1) is 10.2 Å². The van der Waals surface area contributed by atoms with Crippen LogP contribution in [-0.4, -0.2) is 50.5 Å². The van der Waals surface area contributed by atoms with E-state index in [0.717, 1.165) is 37.4 Å². The summed E-state index contributed by atoms with van der Waals surface area (Å²) in [6.07, 6.45) is 5.33. The Kier molecular flexibility index (Phi) is 5.55. The van der Waals surface area contributed by atoms with Crippen molar-refractivity contribution >= 4 is 28.9 Å². The Hall–Kier alpha value is -3.72. The summed E-state index contributed by atoms with van der Waals surface area (Å²) in [7, 11) is 1.32. The van der Waals surface area contributed by atoms with Crippen LogP contribution in [0.15, 0.2) is 59.7 Å². The second-order valence-electron chi connectivity index (χ2n) is 7.85. The number of hydrogen-bond acceptors (Lipinski definition) is 7. The summed E-state index contributed by atoms with van der Waals surface area (Å²) in [5.74, 6) is 0.789. The molecule has 4 aromatic rings. The monoisotopic (exact) mass is 464 g/mol. The smallest absolute Gasteiger partial charge is 0.337 e. The fourth-order valence-corrected chi connectivity index (χ4v) is 4.45. The number of fused-ring (bicyclic) bond motifs is 1. The fourth-order valence-electron chi connectivity index (χ4n) is 4.20. The quantitative estimate of drug-likeness (QED) is 0.428. The SMILES string of the molecule is COC(=O)c1ccc(-n2ncc(N3CCC(c4nnc5ccccn45)CC3)c(Cl)c2=O)cc1. The fraction of sp³-hybridized carbons (Fsp3) is 0.261. The van der Waals surface area contributed by atoms with Crippen molar-refractivity contribution in [3.8, 4) is 5.69 Å². The number of rotatable bonds is 4. The normalized spacial score (nSPS) is 14.5. The Labute approximate surface area is 194 Å². The van der Waals surface area contributed by atoms with Gasteiger partial charge in [-0.25, -0.2) is 4.79 Å². The van der Waals surface area contributed by atoms with Crippen LogP contribution in [0.3, 0.4) is 0 Å². The lowest BCUT2D eigenvalue weighted by Crippen LogP contribution is -2.35. The van der Waals surface area contributed by atoms with Gasteiger partial charge in [-0.2, -0.15) is 9.78 Å². The highest BCUT2D eigenvalue weighted by Gasteiger charge is 2.26. The number of halogens is 1. The number of ether oxygens (including phenoxy) is 1. The number of benzene rings is 1. The van der Waals surface area contributed by atoms with Gasteiger partial charge in [0.25, 0.3) is 5.56 Å². The minimum absolute atomic E-state index is 0.119. The summed E-state index contributed by atoms with van der Waals surface area (Å²) < 4.78 is 7.95. The van der Waals surface area contributed by atoms with Crippen molar-refractivity contribution in [2.24, 2.45) is 0 Å². The summed E-state index contributed by atoms with van der Waals surface area (Å²) in [4.78, 5) is 26.6. The number of piperidine rings is 1. The predicted molar refractivity (Wildman–Crippen MR) is 123 cm³/mol. The van der Waals surface area contributed by atoms with Crippen LogP contribution < -0.4 is 10.5 Å². The van der Waals surface area contributed by atoms with Gasteiger partial charge in [-0.05, 0) is 49.2 Å². The molecule has 4 heterocycles. The number of carbonyl (C=O) groups excluding carboxylic acids is 1. The van der Waals surface area contributed by atoms with Crippen LogP contribution in [0, 0.1) is 0 Å². The number of esters is 1. The standard InChI is InChI=1S/C23H21ClN6O3/c1-33-23(32)16-5-7-17(8-6-16)30-22(31)20(24)18(14-25-30)28-12-9-15(10-13-28)21-27-26-19-4-2-3-11-29(19)21/h2-8,11,14-15H,9-10,12-13H2,1H3. The molecule has 0 unspecified atom stereocenters. The van der Waals surface area contributed by atoms with Crippen molar-refractivity contribution in [1.82, 2.24) is 24.4 Å². The van der Waals surface area contributed by atoms with Crippen LogP contribution in [-0.2, 0) is 4.74 Å². The topological polar surface area (TPSA) is 94.6 Å². The molecule has 0 amide bonds. The van der Waals surface area contributed by atoms with Crippen molar-refractivity contribution in [3.05, 3.63) is 81.6 Å². The highest BCUT2D eigenvalue weighted by molar-refractivity contribution is 6.33. The van der Waals surface area contributed by atoms with Gasteiger partial charge in [0.2, 0.25) is 0 Å². The van der Waals surface area contributed by atoms with Gasteiger partial charge >= 0.3 is 5.97 Å². The molecular weight excluding hydrogens is 444 g/mol. The Morgan fingerprint density at radius 1 is 1.09 bits per heavy atom. The second kappa shape index (κ2) is 8.67. The van der Waals surface area contributed by atoms with Crippen molar-refractivity contribution in [3.63, 3.8) is 0 Å². The Morgan fingerprint density at radius 2 is 1.85 bits per heavy atom. The van der Waals surface area contributed by atoms with Gasteiger partial charge in [-0.3, -0.25) is 9.20 Å². The molecule has 10 heteroatoms. The number of anilines is 1. The van der Waals surface area contributed by atoms with Crippen LogP contribution in [0.4, 0.5) is 5.69 Å². The molecule has 0 atom stereocenters. The van der Waals surface area contributed by atoms with E-state index in [1.54, 1.807) is 30.5 Å². The molecule has 33 heavy (non-hydrogen) atoms. The lowest BCUT2D eigenvalue weighted by atomic mass is 9.95. The highest BCUT2D eigenvalue weighted by Crippen LogP contribution is 2.31. The van der Waals surface area contributed by atoms with Gasteiger partial charge in [0.05, 0.1) is 30.2 Å². The lowest BCUT2D eigenvalue weighted by molar-refractivity contribution is 0.0600. The van der Waals surface area contributed by atoms with E-state index in [-0.39, 0.29) is 10.9 Å². The molecule has 0 saturated carbocycles. The van der Waals surface area contributed by atoms with E-state index in [1.807, 2.05) is 28.8 Å². The first-order chi connectivity index (χ1) is 16.1. The Morgan fingerprint density at radius 3 is 2.58 bits per heavy atom. The molecule has 1 aliphatic rings. The van der Waals surface area contributed by atoms with E-state index < -0.39 is 11.5 Å². The number of pyridine rings is 1. The number of nitrogens with zero attached hydrogens (tertiary/aromatic N) is 6. The maximum absolute atomic E-state index is 12.9. The van der Waals surface area contributed by atoms with E-state index in [4.69, 9.17) is 16.3 Å². The predicted octanol–water partition coefficient (Wildman–Crippen LogP) is 3.10. The van der Waals surface area contributed by atoms with Crippen LogP contribution in [0.2, 0.25) is 5.02 Å². The van der Waals surface area contributed by atoms with Crippen molar-refractivity contribution in [1.29, 1.82) is 0 Å². The summed E-state index contributed by atoms with van der Waals surface area (Å²) >= 11 is 6.48. The van der Waals surface area contributed by atoms with E-state index >= 15 is 0 Å². The zero-order chi connectivity index (χ0) is 22.9. The molecule has 3 aromatic heterocycles. The van der Waals surface area contributed by atoms with Crippen LogP contribution in [0.5, 0.6) is 0 Å². The lowest BCUT2D eigenvalue weighted by Gasteiger charge is -2.33. The summed E-state index contributed by atoms with van der Waals surface area (Å²) in [5.41, 5.74) is 1.95. The number of carbonyl (C=O) groups is 1. The van der Waals surface area contributed by atoms with Crippen LogP contribution in [0.25, 0.3) is 11.3 Å². The zero-order valence-electron chi connectivity index (χ0n) is 17.9. The van der Waals surface area contributed by atoms with Gasteiger partial charge in [0.1, 0.15) is 10.8 Å². The molecule has 1 fully saturated rings. The number of aromatic nitrogens is 5. The average Bonchev–Trinajstić information content (AvgIpc) is 3.30. The molecule has 0 N–H and O–H groups in total. The second-order valence-corrected chi connectivity index (χ2v) is 8.23. The third kappa shape index (κ3) is 3.84. The maximum atomic E-state index is 12.9. The molecular formula is C23H21ClN6O3. The van der Waals surface area contributed by atoms with E-state index in [9.17, 15) is 9.59 Å². The summed E-state index contributed by atoms with van der Waals surface area (Å²) in [6.45, 7) is 1.45. The molecule has 5 rings (SSSR count). The minimum atomic E-state index is -0.447. The van der Waals surface area contributed by atoms with Crippen molar-refractivity contribution in [2.75, 3.05) is 25.1 Å². The number of methoxy groups -OCH3 is 1. The number of hydrogen-bond donors (Lipinski definition) is 0. The van der Waals surface area contributed by atoms with Crippen molar-refractivity contribution < 1.29 is 9.53 Å². The van der Waals surface area contributed by atoms with Crippen molar-refractivity contribution in [2.45, 2.75) is 18.8 Å². The third-order valence-electron chi connectivity index (χ3n) is 5.97. The molecule has 1 saturated heterocycles. The zero-order valence-corrected chi connectivity index (χ0v) is 18.6. The van der Waals surface area contributed by atoms with Gasteiger partial charge in [0.15, 0.2) is 5.65 Å². The molecule has 0 bridgehead atoms. The molecule has 0 spiro atoms. The first-order valence-electron chi connectivity index (χ1n) is 10.6. The van der Waals surface area contributed by atoms with Gasteiger partial charge < -0.3 is 9.64 Å². The minimum Gasteiger partial charge on any atom is -0.465 e. The first kappa shape index (κ1) is 21.1. The average molecular weight is 465 g/mol. The Balaban J connectivity index is 1.34. The van der Waals surface area contributed by atoms with E-state index in [2.05, 4.69) is 20.2 Å². The molecule has 168 valence electrons. The molecule has 0 aliphatic carbocycles. The molecule has 1 aliphatic heterocycles. The first-order valence-corrected chi connectivity index (χ1v) is 11.0. The molecule has 0 radical (unpaired) electrons. The maximum Gasteiger partial charge on any atom is 0.337 e. The summed E-state index contributed by atoms with van der Waals surface area (Å²) in [5, 5.41) is 13.1. The van der Waals surface area contributed by atoms with E-state index in [1.165, 1.54) is 11.8 Å². The summed E-state index contributed by atoms with van der Waals surface area (Å²) in [6, 6.07) is 12.3. The largest absolute Gasteiger partial charge is 0.465 e. The van der Waals surface area contributed by atoms with Gasteiger partial charge in [-0.1, -0.05) is 17.7 Å². The molecule has 1 aromatic carbocycles. The molecule has 9 nitrogen and oxygen atoms in total. The highest BCUT2D eigenvalue weighted by atomic mass is 35.5. The van der Waals surface area contributed by atoms with Gasteiger partial charge in [0, 0.05) is 25.2 Å². The van der Waals surface area contributed by atoms with Crippen LogP contribution in [0.1, 0.15) is 34.9 Å².